The summed E-state index contributed by atoms with van der Waals surface area (Å²) in [6.45, 7) is 7.97. The van der Waals surface area contributed by atoms with Gasteiger partial charge < -0.3 is 5.32 Å². The van der Waals surface area contributed by atoms with Crippen molar-refractivity contribution < 1.29 is 0 Å². The van der Waals surface area contributed by atoms with E-state index in [1.165, 1.54) is 5.75 Å². The van der Waals surface area contributed by atoms with E-state index < -0.39 is 0 Å². The molecule has 1 N–H and O–H groups in total. The minimum atomic E-state index is 0.465. The molecule has 0 aromatic heterocycles. The topological polar surface area (TPSA) is 12.0 Å². The van der Waals surface area contributed by atoms with Crippen LogP contribution in [-0.4, -0.2) is 23.1 Å². The molecular formula is C7H15NS. The van der Waals surface area contributed by atoms with Crippen LogP contribution in [0.1, 0.15) is 20.8 Å². The summed E-state index contributed by atoms with van der Waals surface area (Å²) in [7, 11) is 0. The maximum absolute atomic E-state index is 3.45. The summed E-state index contributed by atoms with van der Waals surface area (Å²) in [6.07, 6.45) is 0. The van der Waals surface area contributed by atoms with Crippen molar-refractivity contribution in [1.82, 2.24) is 5.32 Å². The predicted molar refractivity (Wildman–Crippen MR) is 44.0 cm³/mol. The molecule has 0 radical (unpaired) electrons. The fourth-order valence-electron chi connectivity index (χ4n) is 0.881. The zero-order chi connectivity index (χ0) is 6.91. The summed E-state index contributed by atoms with van der Waals surface area (Å²) in [4.78, 5) is 0. The molecule has 0 bridgehead atoms. The molecule has 1 nitrogen and oxygen atoms in total. The van der Waals surface area contributed by atoms with Crippen LogP contribution in [0.4, 0.5) is 0 Å². The van der Waals surface area contributed by atoms with Gasteiger partial charge in [0, 0.05) is 23.1 Å². The minimum absolute atomic E-state index is 0.465. The van der Waals surface area contributed by atoms with E-state index in [1.54, 1.807) is 0 Å². The molecule has 1 aliphatic rings. The summed E-state index contributed by atoms with van der Waals surface area (Å²) >= 11 is 2.07. The highest BCUT2D eigenvalue weighted by atomic mass is 32.2. The minimum Gasteiger partial charge on any atom is -0.312 e. The average Bonchev–Trinajstić information content (AvgIpc) is 1.78. The molecule has 0 aromatic rings. The molecule has 9 heavy (non-hydrogen) atoms. The van der Waals surface area contributed by atoms with Gasteiger partial charge in [-0.1, -0.05) is 0 Å². The van der Waals surface area contributed by atoms with E-state index in [2.05, 4.69) is 37.8 Å². The standard InChI is InChI=1S/C7H15NS/c1-6-4-9-7(2,3)5-8-6/h6,8H,4-5H2,1-3H3. The Morgan fingerprint density at radius 3 is 2.56 bits per heavy atom. The lowest BCUT2D eigenvalue weighted by atomic mass is 10.2. The highest BCUT2D eigenvalue weighted by Gasteiger charge is 2.24. The second-order valence-corrected chi connectivity index (χ2v) is 5.08. The molecular weight excluding hydrogens is 130 g/mol. The first-order valence-corrected chi connectivity index (χ1v) is 4.46. The van der Waals surface area contributed by atoms with Crippen LogP contribution in [0, 0.1) is 0 Å². The average molecular weight is 145 g/mol. The van der Waals surface area contributed by atoms with Crippen LogP contribution in [0.2, 0.25) is 0 Å². The number of rotatable bonds is 0. The molecule has 1 rings (SSSR count). The van der Waals surface area contributed by atoms with Crippen molar-refractivity contribution in [2.75, 3.05) is 12.3 Å². The molecule has 1 atom stereocenters. The van der Waals surface area contributed by atoms with Gasteiger partial charge in [-0.15, -0.1) is 0 Å². The van der Waals surface area contributed by atoms with Crippen LogP contribution < -0.4 is 5.32 Å². The number of thioether (sulfide) groups is 1. The highest BCUT2D eigenvalue weighted by Crippen LogP contribution is 2.27. The van der Waals surface area contributed by atoms with Crippen LogP contribution in [0.5, 0.6) is 0 Å². The molecule has 1 saturated heterocycles. The predicted octanol–water partition coefficient (Wildman–Crippen LogP) is 1.49. The summed E-state index contributed by atoms with van der Waals surface area (Å²) in [6, 6.07) is 0.711. The Bertz CT molecular complexity index is 91.1. The Hall–Kier alpha value is 0.310. The third-order valence-corrected chi connectivity index (χ3v) is 3.19. The third kappa shape index (κ3) is 2.18. The fraction of sp³-hybridized carbons (Fsp3) is 1.00. The van der Waals surface area contributed by atoms with E-state index in [0.717, 1.165) is 6.54 Å². The molecule has 0 saturated carbocycles. The van der Waals surface area contributed by atoms with E-state index in [4.69, 9.17) is 0 Å². The Balaban J connectivity index is 2.35. The van der Waals surface area contributed by atoms with Gasteiger partial charge in [-0.3, -0.25) is 0 Å². The molecule has 1 unspecified atom stereocenters. The van der Waals surface area contributed by atoms with Gasteiger partial charge in [0.2, 0.25) is 0 Å². The molecule has 0 spiro atoms. The van der Waals surface area contributed by atoms with E-state index >= 15 is 0 Å². The van der Waals surface area contributed by atoms with E-state index in [1.807, 2.05) is 0 Å². The van der Waals surface area contributed by atoms with Gasteiger partial charge in [0.15, 0.2) is 0 Å². The highest BCUT2D eigenvalue weighted by molar-refractivity contribution is 8.00. The van der Waals surface area contributed by atoms with E-state index in [-0.39, 0.29) is 0 Å². The normalized spacial score (nSPS) is 34.3. The van der Waals surface area contributed by atoms with Crippen molar-refractivity contribution in [3.8, 4) is 0 Å². The Labute approximate surface area is 61.6 Å². The lowest BCUT2D eigenvalue weighted by Crippen LogP contribution is -2.44. The number of hydrogen-bond donors (Lipinski definition) is 1. The van der Waals surface area contributed by atoms with Crippen LogP contribution in [0.15, 0.2) is 0 Å². The van der Waals surface area contributed by atoms with Gasteiger partial charge in [0.05, 0.1) is 0 Å². The third-order valence-electron chi connectivity index (χ3n) is 1.60. The van der Waals surface area contributed by atoms with Crippen molar-refractivity contribution in [1.29, 1.82) is 0 Å². The SMILES string of the molecule is CC1CSC(C)(C)CN1. The van der Waals surface area contributed by atoms with E-state index in [0.29, 0.717) is 10.8 Å². The molecule has 1 fully saturated rings. The Kier molecular flexibility index (Phi) is 2.07. The Morgan fingerprint density at radius 1 is 1.56 bits per heavy atom. The molecule has 0 aliphatic carbocycles. The molecule has 0 aromatic carbocycles. The van der Waals surface area contributed by atoms with Crippen LogP contribution in [0.3, 0.4) is 0 Å². The lowest BCUT2D eigenvalue weighted by Gasteiger charge is -2.33. The first-order chi connectivity index (χ1) is 4.10. The zero-order valence-electron chi connectivity index (χ0n) is 6.40. The molecule has 0 amide bonds. The van der Waals surface area contributed by atoms with Crippen molar-refractivity contribution in [3.05, 3.63) is 0 Å². The molecule has 54 valence electrons. The van der Waals surface area contributed by atoms with Crippen LogP contribution >= 0.6 is 11.8 Å². The number of nitrogens with one attached hydrogen (secondary N) is 1. The van der Waals surface area contributed by atoms with Crippen molar-refractivity contribution in [2.45, 2.75) is 31.6 Å². The van der Waals surface area contributed by atoms with E-state index in [9.17, 15) is 0 Å². The quantitative estimate of drug-likeness (QED) is 0.554. The van der Waals surface area contributed by atoms with Gasteiger partial charge in [0.1, 0.15) is 0 Å². The lowest BCUT2D eigenvalue weighted by molar-refractivity contribution is 0.513. The summed E-state index contributed by atoms with van der Waals surface area (Å²) in [5.41, 5.74) is 0. The largest absolute Gasteiger partial charge is 0.312 e. The van der Waals surface area contributed by atoms with Gasteiger partial charge in [-0.2, -0.15) is 11.8 Å². The fourth-order valence-corrected chi connectivity index (χ4v) is 1.89. The van der Waals surface area contributed by atoms with Gasteiger partial charge in [-0.25, -0.2) is 0 Å². The zero-order valence-corrected chi connectivity index (χ0v) is 7.22. The van der Waals surface area contributed by atoms with Crippen molar-refractivity contribution >= 4 is 11.8 Å². The summed E-state index contributed by atoms with van der Waals surface area (Å²) in [5, 5.41) is 3.45. The first kappa shape index (κ1) is 7.42. The van der Waals surface area contributed by atoms with Crippen molar-refractivity contribution in [2.24, 2.45) is 0 Å². The van der Waals surface area contributed by atoms with Crippen LogP contribution in [-0.2, 0) is 0 Å². The molecule has 1 heterocycles. The monoisotopic (exact) mass is 145 g/mol. The first-order valence-electron chi connectivity index (χ1n) is 3.47. The molecule has 1 aliphatic heterocycles. The maximum Gasteiger partial charge on any atom is 0.0228 e. The van der Waals surface area contributed by atoms with Gasteiger partial charge in [-0.05, 0) is 20.8 Å². The second-order valence-electron chi connectivity index (χ2n) is 3.35. The maximum atomic E-state index is 3.45. The molecule has 2 heteroatoms. The smallest absolute Gasteiger partial charge is 0.0228 e. The van der Waals surface area contributed by atoms with Crippen molar-refractivity contribution in [3.63, 3.8) is 0 Å². The Morgan fingerprint density at radius 2 is 2.22 bits per heavy atom. The van der Waals surface area contributed by atoms with Gasteiger partial charge >= 0.3 is 0 Å². The van der Waals surface area contributed by atoms with Crippen LogP contribution in [0.25, 0.3) is 0 Å². The summed E-state index contributed by atoms with van der Waals surface area (Å²) < 4.78 is 0.465. The summed E-state index contributed by atoms with van der Waals surface area (Å²) in [5.74, 6) is 1.26. The van der Waals surface area contributed by atoms with Gasteiger partial charge in [0.25, 0.3) is 0 Å². The second kappa shape index (κ2) is 2.51. The number of hydrogen-bond acceptors (Lipinski definition) is 2.